The van der Waals surface area contributed by atoms with E-state index in [4.69, 9.17) is 16.9 Å². The number of hydrogen-bond donors (Lipinski definition) is 1. The second-order valence-electron chi connectivity index (χ2n) is 3.84. The van der Waals surface area contributed by atoms with Gasteiger partial charge in [-0.1, -0.05) is 17.7 Å². The fourth-order valence-corrected chi connectivity index (χ4v) is 1.82. The van der Waals surface area contributed by atoms with E-state index in [-0.39, 0.29) is 0 Å². The summed E-state index contributed by atoms with van der Waals surface area (Å²) in [5, 5.41) is 12.8. The molecule has 2 rings (SSSR count). The van der Waals surface area contributed by atoms with E-state index in [0.29, 0.717) is 10.6 Å². The lowest BCUT2D eigenvalue weighted by molar-refractivity contribution is 1.00. The predicted octanol–water partition coefficient (Wildman–Crippen LogP) is 3.26. The first-order valence-corrected chi connectivity index (χ1v) is 6.00. The Morgan fingerprint density at radius 1 is 1.33 bits per heavy atom. The molecule has 0 amide bonds. The quantitative estimate of drug-likeness (QED) is 0.915. The molecule has 1 aromatic carbocycles. The van der Waals surface area contributed by atoms with Crippen molar-refractivity contribution in [1.82, 2.24) is 4.98 Å². The van der Waals surface area contributed by atoms with Crippen molar-refractivity contribution in [3.63, 3.8) is 0 Å². The number of rotatable bonds is 4. The smallest absolute Gasteiger partial charge is 0.101 e. The minimum atomic E-state index is 0.602. The van der Waals surface area contributed by atoms with Gasteiger partial charge in [-0.05, 0) is 36.2 Å². The predicted molar refractivity (Wildman–Crippen MR) is 72.6 cm³/mol. The molecular formula is C14H12ClN3. The number of nitrogens with zero attached hydrogens (tertiary/aromatic N) is 2. The molecule has 3 nitrogen and oxygen atoms in total. The zero-order valence-electron chi connectivity index (χ0n) is 9.73. The largest absolute Gasteiger partial charge is 0.384 e. The molecule has 0 unspecified atom stereocenters. The maximum atomic E-state index is 8.98. The summed E-state index contributed by atoms with van der Waals surface area (Å²) in [6.45, 7) is 0.737. The minimum absolute atomic E-state index is 0.602. The molecule has 0 saturated carbocycles. The van der Waals surface area contributed by atoms with Crippen LogP contribution in [0, 0.1) is 11.3 Å². The Balaban J connectivity index is 1.98. The van der Waals surface area contributed by atoms with E-state index in [1.165, 1.54) is 0 Å². The molecule has 1 heterocycles. The van der Waals surface area contributed by atoms with E-state index in [1.54, 1.807) is 24.4 Å². The van der Waals surface area contributed by atoms with Gasteiger partial charge in [0.05, 0.1) is 11.3 Å². The third-order valence-corrected chi connectivity index (χ3v) is 2.79. The molecule has 4 heteroatoms. The summed E-state index contributed by atoms with van der Waals surface area (Å²) in [6, 6.07) is 11.3. The number of benzene rings is 1. The normalized spacial score (nSPS) is 9.78. The number of pyridine rings is 1. The number of nitriles is 1. The number of halogens is 1. The van der Waals surface area contributed by atoms with Crippen molar-refractivity contribution in [2.45, 2.75) is 6.42 Å². The summed E-state index contributed by atoms with van der Waals surface area (Å²) < 4.78 is 0. The van der Waals surface area contributed by atoms with Crippen LogP contribution in [0.1, 0.15) is 11.1 Å². The van der Waals surface area contributed by atoms with Gasteiger partial charge in [-0.25, -0.2) is 0 Å². The monoisotopic (exact) mass is 257 g/mol. The van der Waals surface area contributed by atoms with E-state index in [1.807, 2.05) is 18.3 Å². The molecule has 0 fully saturated rings. The number of anilines is 1. The summed E-state index contributed by atoms with van der Waals surface area (Å²) in [6.07, 6.45) is 4.44. The van der Waals surface area contributed by atoms with Crippen molar-refractivity contribution >= 4 is 17.3 Å². The van der Waals surface area contributed by atoms with Gasteiger partial charge in [-0.3, -0.25) is 4.98 Å². The molecule has 0 aliphatic rings. The van der Waals surface area contributed by atoms with Crippen LogP contribution in [0.25, 0.3) is 0 Å². The summed E-state index contributed by atoms with van der Waals surface area (Å²) in [5.74, 6) is 0. The van der Waals surface area contributed by atoms with Crippen molar-refractivity contribution < 1.29 is 0 Å². The summed E-state index contributed by atoms with van der Waals surface area (Å²) in [7, 11) is 0. The lowest BCUT2D eigenvalue weighted by Crippen LogP contribution is -2.06. The first-order valence-electron chi connectivity index (χ1n) is 5.62. The van der Waals surface area contributed by atoms with Gasteiger partial charge in [0.15, 0.2) is 0 Å². The zero-order chi connectivity index (χ0) is 12.8. The third kappa shape index (κ3) is 3.22. The van der Waals surface area contributed by atoms with Crippen LogP contribution in [0.2, 0.25) is 5.02 Å². The van der Waals surface area contributed by atoms with Crippen molar-refractivity contribution in [2.24, 2.45) is 0 Å². The molecule has 90 valence electrons. The molecule has 0 saturated heterocycles. The van der Waals surface area contributed by atoms with Crippen LogP contribution in [-0.4, -0.2) is 11.5 Å². The lowest BCUT2D eigenvalue weighted by Gasteiger charge is -2.08. The number of hydrogen-bond acceptors (Lipinski definition) is 3. The first kappa shape index (κ1) is 12.4. The van der Waals surface area contributed by atoms with Crippen molar-refractivity contribution in [3.8, 4) is 6.07 Å². The number of aromatic nitrogens is 1. The molecular weight excluding hydrogens is 246 g/mol. The van der Waals surface area contributed by atoms with E-state index in [2.05, 4.69) is 16.4 Å². The highest BCUT2D eigenvalue weighted by Crippen LogP contribution is 2.20. The second kappa shape index (κ2) is 6.04. The highest BCUT2D eigenvalue weighted by molar-refractivity contribution is 6.30. The summed E-state index contributed by atoms with van der Waals surface area (Å²) >= 11 is 5.91. The second-order valence-corrected chi connectivity index (χ2v) is 4.28. The fourth-order valence-electron chi connectivity index (χ4n) is 1.65. The molecule has 0 aliphatic heterocycles. The standard InChI is InChI=1S/C14H12ClN3/c15-13-4-3-12(9-16)14(8-13)18-7-5-11-2-1-6-17-10-11/h1-4,6,8,10,18H,5,7H2. The van der Waals surface area contributed by atoms with Gasteiger partial charge in [0.25, 0.3) is 0 Å². The SMILES string of the molecule is N#Cc1ccc(Cl)cc1NCCc1cccnc1. The Labute approximate surface area is 111 Å². The maximum Gasteiger partial charge on any atom is 0.101 e. The average Bonchev–Trinajstić information content (AvgIpc) is 2.40. The number of nitrogens with one attached hydrogen (secondary N) is 1. The van der Waals surface area contributed by atoms with Gasteiger partial charge < -0.3 is 5.32 Å². The Morgan fingerprint density at radius 2 is 2.22 bits per heavy atom. The topological polar surface area (TPSA) is 48.7 Å². The van der Waals surface area contributed by atoms with Crippen molar-refractivity contribution in [3.05, 3.63) is 58.9 Å². The Bertz CT molecular complexity index is 561. The van der Waals surface area contributed by atoms with Crippen LogP contribution in [0.5, 0.6) is 0 Å². The van der Waals surface area contributed by atoms with Crippen molar-refractivity contribution in [2.75, 3.05) is 11.9 Å². The summed E-state index contributed by atoms with van der Waals surface area (Å²) in [4.78, 5) is 4.06. The lowest BCUT2D eigenvalue weighted by atomic mass is 10.1. The zero-order valence-corrected chi connectivity index (χ0v) is 10.5. The van der Waals surface area contributed by atoms with Crippen LogP contribution in [0.4, 0.5) is 5.69 Å². The van der Waals surface area contributed by atoms with Crippen LogP contribution >= 0.6 is 11.6 Å². The molecule has 0 spiro atoms. The molecule has 2 aromatic rings. The average molecular weight is 258 g/mol. The molecule has 1 N–H and O–H groups in total. The highest BCUT2D eigenvalue weighted by Gasteiger charge is 2.02. The van der Waals surface area contributed by atoms with Crippen molar-refractivity contribution in [1.29, 1.82) is 5.26 Å². The molecule has 0 atom stereocenters. The Kier molecular flexibility index (Phi) is 4.16. The Hall–Kier alpha value is -2.05. The van der Waals surface area contributed by atoms with Gasteiger partial charge >= 0.3 is 0 Å². The first-order chi connectivity index (χ1) is 8.79. The molecule has 0 radical (unpaired) electrons. The molecule has 18 heavy (non-hydrogen) atoms. The minimum Gasteiger partial charge on any atom is -0.384 e. The van der Waals surface area contributed by atoms with E-state index >= 15 is 0 Å². The van der Waals surface area contributed by atoms with Gasteiger partial charge in [-0.2, -0.15) is 5.26 Å². The van der Waals surface area contributed by atoms with E-state index in [9.17, 15) is 0 Å². The highest BCUT2D eigenvalue weighted by atomic mass is 35.5. The third-order valence-electron chi connectivity index (χ3n) is 2.55. The Morgan fingerprint density at radius 3 is 2.94 bits per heavy atom. The summed E-state index contributed by atoms with van der Waals surface area (Å²) in [5.41, 5.74) is 2.53. The fraction of sp³-hybridized carbons (Fsp3) is 0.143. The van der Waals surface area contributed by atoms with E-state index < -0.39 is 0 Å². The van der Waals surface area contributed by atoms with Gasteiger partial charge in [0.1, 0.15) is 6.07 Å². The van der Waals surface area contributed by atoms with E-state index in [0.717, 1.165) is 24.2 Å². The molecule has 0 bridgehead atoms. The van der Waals surface area contributed by atoms with Crippen LogP contribution < -0.4 is 5.32 Å². The van der Waals surface area contributed by atoms with Gasteiger partial charge in [0.2, 0.25) is 0 Å². The van der Waals surface area contributed by atoms with Crippen LogP contribution in [0.15, 0.2) is 42.7 Å². The van der Waals surface area contributed by atoms with Crippen LogP contribution in [0.3, 0.4) is 0 Å². The van der Waals surface area contributed by atoms with Crippen LogP contribution in [-0.2, 0) is 6.42 Å². The van der Waals surface area contributed by atoms with Gasteiger partial charge in [0, 0.05) is 24.0 Å². The molecule has 0 aliphatic carbocycles. The van der Waals surface area contributed by atoms with Gasteiger partial charge in [-0.15, -0.1) is 0 Å². The molecule has 1 aromatic heterocycles. The maximum absolute atomic E-state index is 8.98.